The van der Waals surface area contributed by atoms with E-state index in [1.54, 1.807) is 10.6 Å². The molecule has 8 heteroatoms. The van der Waals surface area contributed by atoms with Crippen molar-refractivity contribution < 1.29 is 0 Å². The van der Waals surface area contributed by atoms with Gasteiger partial charge in [0.2, 0.25) is 0 Å². The van der Waals surface area contributed by atoms with Crippen LogP contribution in [0.25, 0.3) is 0 Å². The van der Waals surface area contributed by atoms with E-state index in [2.05, 4.69) is 20.6 Å². The highest BCUT2D eigenvalue weighted by molar-refractivity contribution is 7.98. The van der Waals surface area contributed by atoms with E-state index in [4.69, 9.17) is 5.84 Å². The first-order valence-electron chi connectivity index (χ1n) is 6.00. The molecule has 4 N–H and O–H groups in total. The number of H-pyrrole nitrogens is 1. The second-order valence-corrected chi connectivity index (χ2v) is 5.30. The van der Waals surface area contributed by atoms with Gasteiger partial charge in [-0.15, -0.1) is 5.10 Å². The summed E-state index contributed by atoms with van der Waals surface area (Å²) >= 11 is 1.50. The van der Waals surface area contributed by atoms with E-state index in [0.29, 0.717) is 17.6 Å². The van der Waals surface area contributed by atoms with Crippen molar-refractivity contribution in [3.05, 3.63) is 34.4 Å². The number of thioether (sulfide) groups is 1. The van der Waals surface area contributed by atoms with E-state index in [9.17, 15) is 4.79 Å². The fourth-order valence-corrected chi connectivity index (χ4v) is 2.74. The molecule has 0 amide bonds. The molecule has 1 saturated carbocycles. The largest absolute Gasteiger partial charge is 0.344 e. The number of nitrogen functional groups attached to an aromatic ring is 1. The van der Waals surface area contributed by atoms with Crippen LogP contribution in [-0.4, -0.2) is 19.7 Å². The van der Waals surface area contributed by atoms with Crippen molar-refractivity contribution in [1.29, 1.82) is 0 Å². The second kappa shape index (κ2) is 5.06. The van der Waals surface area contributed by atoms with Crippen molar-refractivity contribution in [2.24, 2.45) is 5.84 Å². The van der Waals surface area contributed by atoms with Gasteiger partial charge in [0, 0.05) is 11.8 Å². The SMILES string of the molecule is NNc1cccc(CSc2n[nH]c(=O)n2C2CC2)n1. The third-order valence-electron chi connectivity index (χ3n) is 2.89. The summed E-state index contributed by atoms with van der Waals surface area (Å²) in [5.74, 6) is 6.59. The minimum Gasteiger partial charge on any atom is -0.308 e. The van der Waals surface area contributed by atoms with Crippen LogP contribution in [0.3, 0.4) is 0 Å². The van der Waals surface area contributed by atoms with Crippen LogP contribution in [0.1, 0.15) is 24.6 Å². The average molecular weight is 278 g/mol. The van der Waals surface area contributed by atoms with Crippen molar-refractivity contribution in [3.8, 4) is 0 Å². The lowest BCUT2D eigenvalue weighted by atomic mass is 10.4. The van der Waals surface area contributed by atoms with Crippen molar-refractivity contribution in [1.82, 2.24) is 19.7 Å². The molecule has 100 valence electrons. The van der Waals surface area contributed by atoms with Gasteiger partial charge in [-0.3, -0.25) is 4.57 Å². The molecule has 0 saturated heterocycles. The van der Waals surface area contributed by atoms with Gasteiger partial charge in [0.05, 0.1) is 5.69 Å². The lowest BCUT2D eigenvalue weighted by Gasteiger charge is -2.04. The Balaban J connectivity index is 1.73. The van der Waals surface area contributed by atoms with Gasteiger partial charge in [0.15, 0.2) is 5.16 Å². The maximum atomic E-state index is 11.6. The molecule has 0 radical (unpaired) electrons. The Bertz CT molecular complexity index is 632. The highest BCUT2D eigenvalue weighted by Crippen LogP contribution is 2.36. The number of aromatic amines is 1. The number of pyridine rings is 1. The smallest absolute Gasteiger partial charge is 0.308 e. The molecule has 19 heavy (non-hydrogen) atoms. The van der Waals surface area contributed by atoms with Crippen molar-refractivity contribution in [2.75, 3.05) is 5.43 Å². The molecule has 2 aromatic rings. The lowest BCUT2D eigenvalue weighted by molar-refractivity contribution is 0.642. The third kappa shape index (κ3) is 2.64. The summed E-state index contributed by atoms with van der Waals surface area (Å²) in [6.07, 6.45) is 2.11. The number of hydrogen-bond acceptors (Lipinski definition) is 6. The number of nitrogens with two attached hydrogens (primary N) is 1. The van der Waals surface area contributed by atoms with Crippen LogP contribution in [0.15, 0.2) is 28.2 Å². The first-order chi connectivity index (χ1) is 9.28. The molecule has 0 atom stereocenters. The lowest BCUT2D eigenvalue weighted by Crippen LogP contribution is -2.16. The second-order valence-electron chi connectivity index (χ2n) is 4.36. The van der Waals surface area contributed by atoms with E-state index in [1.165, 1.54) is 11.8 Å². The summed E-state index contributed by atoms with van der Waals surface area (Å²) in [6.45, 7) is 0. The zero-order chi connectivity index (χ0) is 13.2. The van der Waals surface area contributed by atoms with Gasteiger partial charge in [-0.1, -0.05) is 17.8 Å². The predicted molar refractivity (Wildman–Crippen MR) is 72.7 cm³/mol. The van der Waals surface area contributed by atoms with E-state index < -0.39 is 0 Å². The zero-order valence-corrected chi connectivity index (χ0v) is 11.0. The quantitative estimate of drug-likeness (QED) is 0.426. The van der Waals surface area contributed by atoms with Crippen molar-refractivity contribution in [3.63, 3.8) is 0 Å². The molecular weight excluding hydrogens is 264 g/mol. The van der Waals surface area contributed by atoms with Crippen molar-refractivity contribution >= 4 is 17.6 Å². The van der Waals surface area contributed by atoms with Crippen LogP contribution in [-0.2, 0) is 5.75 Å². The van der Waals surface area contributed by atoms with E-state index in [0.717, 1.165) is 23.7 Å². The van der Waals surface area contributed by atoms with Crippen LogP contribution in [0.2, 0.25) is 0 Å². The summed E-state index contributed by atoms with van der Waals surface area (Å²) in [7, 11) is 0. The highest BCUT2D eigenvalue weighted by Gasteiger charge is 2.28. The summed E-state index contributed by atoms with van der Waals surface area (Å²) in [5.41, 5.74) is 3.27. The minimum atomic E-state index is -0.129. The van der Waals surface area contributed by atoms with Gasteiger partial charge in [-0.25, -0.2) is 20.7 Å². The van der Waals surface area contributed by atoms with Gasteiger partial charge in [0.1, 0.15) is 5.82 Å². The zero-order valence-electron chi connectivity index (χ0n) is 10.2. The molecule has 7 nitrogen and oxygen atoms in total. The Kier molecular flexibility index (Phi) is 3.26. The molecule has 0 bridgehead atoms. The molecule has 0 aliphatic heterocycles. The number of hydrazine groups is 1. The van der Waals surface area contributed by atoms with Gasteiger partial charge in [0.25, 0.3) is 0 Å². The maximum absolute atomic E-state index is 11.6. The molecule has 2 aromatic heterocycles. The molecule has 0 aromatic carbocycles. The fraction of sp³-hybridized carbons (Fsp3) is 0.364. The number of anilines is 1. The minimum absolute atomic E-state index is 0.129. The summed E-state index contributed by atoms with van der Waals surface area (Å²) in [4.78, 5) is 15.9. The van der Waals surface area contributed by atoms with Crippen LogP contribution >= 0.6 is 11.8 Å². The Hall–Kier alpha value is -1.80. The molecular formula is C11H14N6OS. The number of aromatic nitrogens is 4. The van der Waals surface area contributed by atoms with Gasteiger partial charge < -0.3 is 5.43 Å². The predicted octanol–water partition coefficient (Wildman–Crippen LogP) is 0.879. The molecule has 1 aliphatic rings. The first-order valence-corrected chi connectivity index (χ1v) is 6.99. The Morgan fingerprint density at radius 2 is 2.37 bits per heavy atom. The topological polar surface area (TPSA) is 102 Å². The standard InChI is InChI=1S/C11H14N6OS/c12-14-9-3-1-2-7(13-9)6-19-11-16-15-10(18)17(11)8-4-5-8/h1-3,8H,4-6,12H2,(H,13,14)(H,15,18). The Labute approximate surface area is 113 Å². The molecule has 2 heterocycles. The molecule has 1 fully saturated rings. The summed E-state index contributed by atoms with van der Waals surface area (Å²) < 4.78 is 1.73. The average Bonchev–Trinajstić information content (AvgIpc) is 3.20. The van der Waals surface area contributed by atoms with Gasteiger partial charge in [-0.05, 0) is 25.0 Å². The van der Waals surface area contributed by atoms with Crippen LogP contribution in [0.5, 0.6) is 0 Å². The molecule has 3 rings (SSSR count). The Morgan fingerprint density at radius 3 is 3.11 bits per heavy atom. The van der Waals surface area contributed by atoms with E-state index >= 15 is 0 Å². The maximum Gasteiger partial charge on any atom is 0.344 e. The number of nitrogens with one attached hydrogen (secondary N) is 2. The molecule has 0 unspecified atom stereocenters. The number of nitrogens with zero attached hydrogens (tertiary/aromatic N) is 3. The van der Waals surface area contributed by atoms with Gasteiger partial charge >= 0.3 is 5.69 Å². The summed E-state index contributed by atoms with van der Waals surface area (Å²) in [6, 6.07) is 5.92. The van der Waals surface area contributed by atoms with Crippen molar-refractivity contribution in [2.45, 2.75) is 29.8 Å². The number of hydrogen-bond donors (Lipinski definition) is 3. The number of rotatable bonds is 5. The normalized spacial score (nSPS) is 14.6. The van der Waals surface area contributed by atoms with Crippen LogP contribution in [0, 0.1) is 0 Å². The Morgan fingerprint density at radius 1 is 1.53 bits per heavy atom. The van der Waals surface area contributed by atoms with Crippen LogP contribution < -0.4 is 17.0 Å². The van der Waals surface area contributed by atoms with Crippen LogP contribution in [0.4, 0.5) is 5.82 Å². The van der Waals surface area contributed by atoms with E-state index in [1.807, 2.05) is 12.1 Å². The fourth-order valence-electron chi connectivity index (χ4n) is 1.83. The highest BCUT2D eigenvalue weighted by atomic mass is 32.2. The molecule has 1 aliphatic carbocycles. The van der Waals surface area contributed by atoms with Gasteiger partial charge in [-0.2, -0.15) is 0 Å². The summed E-state index contributed by atoms with van der Waals surface area (Å²) in [5, 5.41) is 7.28. The monoisotopic (exact) mass is 278 g/mol. The molecule has 0 spiro atoms. The third-order valence-corrected chi connectivity index (χ3v) is 3.87. The first kappa shape index (κ1) is 12.2. The van der Waals surface area contributed by atoms with E-state index in [-0.39, 0.29) is 5.69 Å².